The molecule has 0 saturated heterocycles. The second-order valence-corrected chi connectivity index (χ2v) is 4.90. The number of nitrogens with zero attached hydrogens (tertiary/aromatic N) is 2. The first-order valence-corrected chi connectivity index (χ1v) is 6.10. The van der Waals surface area contributed by atoms with Crippen molar-refractivity contribution in [2.24, 2.45) is 0 Å². The molecule has 1 aromatic carbocycles. The maximum Gasteiger partial charge on any atom is 0.147 e. The van der Waals surface area contributed by atoms with Gasteiger partial charge in [0.1, 0.15) is 22.5 Å². The molecule has 0 N–H and O–H groups in total. The maximum absolute atomic E-state index is 13.4. The molecule has 2 rings (SSSR count). The summed E-state index contributed by atoms with van der Waals surface area (Å²) in [7, 11) is 0. The van der Waals surface area contributed by atoms with Gasteiger partial charge in [-0.2, -0.15) is 4.37 Å². The third kappa shape index (κ3) is 2.85. The van der Waals surface area contributed by atoms with Crippen LogP contribution in [-0.2, 0) is 6.42 Å². The topological polar surface area (TPSA) is 25.8 Å². The van der Waals surface area contributed by atoms with E-state index in [-0.39, 0.29) is 0 Å². The zero-order valence-electron chi connectivity index (χ0n) is 9.58. The van der Waals surface area contributed by atoms with E-state index in [1.54, 1.807) is 0 Å². The molecule has 2 nitrogen and oxygen atoms in total. The minimum absolute atomic E-state index is 0.301. The van der Waals surface area contributed by atoms with Gasteiger partial charge in [0.25, 0.3) is 0 Å². The normalized spacial score (nSPS) is 11.1. The van der Waals surface area contributed by atoms with E-state index < -0.39 is 11.6 Å². The smallest absolute Gasteiger partial charge is 0.147 e. The molecule has 2 aromatic rings. The van der Waals surface area contributed by atoms with Gasteiger partial charge >= 0.3 is 0 Å². The molecule has 0 bridgehead atoms. The average Bonchev–Trinajstić information content (AvgIpc) is 2.71. The minimum Gasteiger partial charge on any atom is -0.224 e. The lowest BCUT2D eigenvalue weighted by Crippen LogP contribution is -1.96. The Morgan fingerprint density at radius 2 is 2.06 bits per heavy atom. The minimum atomic E-state index is -0.569. The summed E-state index contributed by atoms with van der Waals surface area (Å²) >= 11 is 1.33. The molecule has 90 valence electrons. The van der Waals surface area contributed by atoms with E-state index in [1.807, 2.05) is 13.8 Å². The van der Waals surface area contributed by atoms with Crippen molar-refractivity contribution in [3.63, 3.8) is 0 Å². The van der Waals surface area contributed by atoms with Crippen LogP contribution in [0.4, 0.5) is 8.78 Å². The molecular weight excluding hydrogens is 242 g/mol. The van der Waals surface area contributed by atoms with Crippen LogP contribution in [0, 0.1) is 11.6 Å². The van der Waals surface area contributed by atoms with Gasteiger partial charge in [-0.15, -0.1) is 0 Å². The lowest BCUT2D eigenvalue weighted by atomic mass is 10.1. The van der Waals surface area contributed by atoms with E-state index in [2.05, 4.69) is 9.36 Å². The zero-order valence-corrected chi connectivity index (χ0v) is 10.4. The van der Waals surface area contributed by atoms with Crippen molar-refractivity contribution in [2.45, 2.75) is 26.2 Å². The zero-order chi connectivity index (χ0) is 12.4. The molecule has 5 heteroatoms. The first-order chi connectivity index (χ1) is 8.06. The van der Waals surface area contributed by atoms with E-state index in [0.717, 1.165) is 11.1 Å². The molecule has 0 unspecified atom stereocenters. The molecule has 0 amide bonds. The van der Waals surface area contributed by atoms with E-state index in [1.165, 1.54) is 23.7 Å². The molecule has 0 atom stereocenters. The van der Waals surface area contributed by atoms with E-state index in [4.69, 9.17) is 0 Å². The van der Waals surface area contributed by atoms with Crippen molar-refractivity contribution < 1.29 is 8.78 Å². The summed E-state index contributed by atoms with van der Waals surface area (Å²) < 4.78 is 30.3. The fourth-order valence-corrected chi connectivity index (χ4v) is 2.07. The van der Waals surface area contributed by atoms with Gasteiger partial charge in [0.05, 0.1) is 0 Å². The van der Waals surface area contributed by atoms with Crippen LogP contribution < -0.4 is 0 Å². The predicted octanol–water partition coefficient (Wildman–Crippen LogP) is 3.53. The number of halogens is 2. The van der Waals surface area contributed by atoms with Gasteiger partial charge in [0.15, 0.2) is 0 Å². The molecule has 0 spiro atoms. The Kier molecular flexibility index (Phi) is 3.47. The van der Waals surface area contributed by atoms with E-state index >= 15 is 0 Å². The van der Waals surface area contributed by atoms with Crippen LogP contribution in [-0.4, -0.2) is 9.36 Å². The third-order valence-electron chi connectivity index (χ3n) is 2.34. The van der Waals surface area contributed by atoms with Gasteiger partial charge in [-0.1, -0.05) is 19.9 Å². The van der Waals surface area contributed by atoms with Gasteiger partial charge in [0.2, 0.25) is 0 Å². The fraction of sp³-hybridized carbons (Fsp3) is 0.333. The van der Waals surface area contributed by atoms with Gasteiger partial charge in [0, 0.05) is 18.4 Å². The largest absolute Gasteiger partial charge is 0.224 e. The van der Waals surface area contributed by atoms with Gasteiger partial charge in [-0.3, -0.25) is 0 Å². The van der Waals surface area contributed by atoms with Crippen molar-refractivity contribution in [3.8, 4) is 0 Å². The summed E-state index contributed by atoms with van der Waals surface area (Å²) in [5.74, 6) is -0.213. The Balaban J connectivity index is 2.19. The number of hydrogen-bond acceptors (Lipinski definition) is 3. The number of rotatable bonds is 3. The Morgan fingerprint density at radius 3 is 2.65 bits per heavy atom. The second kappa shape index (κ2) is 4.87. The fourth-order valence-electron chi connectivity index (χ4n) is 1.41. The molecule has 17 heavy (non-hydrogen) atoms. The lowest BCUT2D eigenvalue weighted by Gasteiger charge is -2.00. The first kappa shape index (κ1) is 12.1. The van der Waals surface area contributed by atoms with Gasteiger partial charge in [-0.25, -0.2) is 13.8 Å². The summed E-state index contributed by atoms with van der Waals surface area (Å²) in [4.78, 5) is 4.32. The lowest BCUT2D eigenvalue weighted by molar-refractivity contribution is 0.573. The van der Waals surface area contributed by atoms with Gasteiger partial charge in [-0.05, 0) is 23.2 Å². The first-order valence-electron chi connectivity index (χ1n) is 5.32. The number of benzene rings is 1. The number of hydrogen-bond donors (Lipinski definition) is 0. The monoisotopic (exact) mass is 254 g/mol. The third-order valence-corrected chi connectivity index (χ3v) is 3.39. The molecule has 0 radical (unpaired) electrons. The van der Waals surface area contributed by atoms with Crippen molar-refractivity contribution in [1.82, 2.24) is 9.36 Å². The highest BCUT2D eigenvalue weighted by Crippen LogP contribution is 2.19. The second-order valence-electron chi connectivity index (χ2n) is 4.12. The van der Waals surface area contributed by atoms with Crippen LogP contribution in [0.25, 0.3) is 0 Å². The summed E-state index contributed by atoms with van der Waals surface area (Å²) in [6.07, 6.45) is 0.301. The summed E-state index contributed by atoms with van der Waals surface area (Å²) in [5.41, 5.74) is 0.416. The molecule has 0 saturated carbocycles. The molecule has 0 aliphatic carbocycles. The molecule has 1 heterocycles. The van der Waals surface area contributed by atoms with Gasteiger partial charge < -0.3 is 0 Å². The van der Waals surface area contributed by atoms with Crippen molar-refractivity contribution in [3.05, 3.63) is 46.2 Å². The van der Waals surface area contributed by atoms with Crippen LogP contribution in [0.15, 0.2) is 18.2 Å². The van der Waals surface area contributed by atoms with Crippen LogP contribution >= 0.6 is 11.5 Å². The molecule has 0 aliphatic rings. The van der Waals surface area contributed by atoms with Crippen molar-refractivity contribution in [2.75, 3.05) is 0 Å². The molecular formula is C12H12F2N2S. The Bertz CT molecular complexity index is 523. The van der Waals surface area contributed by atoms with Crippen molar-refractivity contribution in [1.29, 1.82) is 0 Å². The van der Waals surface area contributed by atoms with Crippen molar-refractivity contribution >= 4 is 11.5 Å². The van der Waals surface area contributed by atoms with Crippen LogP contribution in [0.2, 0.25) is 0 Å². The quantitative estimate of drug-likeness (QED) is 0.837. The Hall–Kier alpha value is -1.36. The summed E-state index contributed by atoms with van der Waals surface area (Å²) in [5, 5.41) is 0.933. The highest BCUT2D eigenvalue weighted by Gasteiger charge is 2.10. The average molecular weight is 254 g/mol. The van der Waals surface area contributed by atoms with E-state index in [0.29, 0.717) is 23.7 Å². The maximum atomic E-state index is 13.4. The summed E-state index contributed by atoms with van der Waals surface area (Å²) in [6, 6.07) is 3.56. The molecule has 0 fully saturated rings. The predicted molar refractivity (Wildman–Crippen MR) is 63.2 cm³/mol. The Morgan fingerprint density at radius 1 is 1.29 bits per heavy atom. The Labute approximate surface area is 103 Å². The highest BCUT2D eigenvalue weighted by molar-refractivity contribution is 7.05. The van der Waals surface area contributed by atoms with Crippen LogP contribution in [0.1, 0.15) is 36.2 Å². The summed E-state index contributed by atoms with van der Waals surface area (Å²) in [6.45, 7) is 4.06. The van der Waals surface area contributed by atoms with Crippen LogP contribution in [0.5, 0.6) is 0 Å². The molecule has 1 aromatic heterocycles. The highest BCUT2D eigenvalue weighted by atomic mass is 32.1. The number of aromatic nitrogens is 2. The molecule has 0 aliphatic heterocycles. The van der Waals surface area contributed by atoms with Crippen LogP contribution in [0.3, 0.4) is 0 Å². The van der Waals surface area contributed by atoms with E-state index in [9.17, 15) is 8.78 Å². The standard InChI is InChI=1S/C12H12F2N2S/c1-7(2)12-15-11(16-17-12)5-8-3-4-9(13)6-10(8)14/h3-4,6-7H,5H2,1-2H3. The SMILES string of the molecule is CC(C)c1nc(Cc2ccc(F)cc2F)ns1.